The van der Waals surface area contributed by atoms with Crippen molar-refractivity contribution in [3.8, 4) is 0 Å². The number of benzene rings is 1. The van der Waals surface area contributed by atoms with Crippen LogP contribution in [0.4, 0.5) is 14.5 Å². The maximum Gasteiger partial charge on any atom is 0.160 e. The van der Waals surface area contributed by atoms with Crippen molar-refractivity contribution in [2.45, 2.75) is 25.4 Å². The van der Waals surface area contributed by atoms with E-state index < -0.39 is 11.6 Å². The van der Waals surface area contributed by atoms with Crippen LogP contribution in [0.2, 0.25) is 0 Å². The minimum Gasteiger partial charge on any atom is -0.381 e. The van der Waals surface area contributed by atoms with Crippen molar-refractivity contribution in [2.24, 2.45) is 0 Å². The topological polar surface area (TPSA) is 41.3 Å². The average molecular weight is 293 g/mol. The molecule has 1 atom stereocenters. The largest absolute Gasteiger partial charge is 0.381 e. The number of nitrogens with one attached hydrogen (secondary N) is 1. The highest BCUT2D eigenvalue weighted by Gasteiger charge is 2.20. The van der Waals surface area contributed by atoms with Crippen molar-refractivity contribution >= 4 is 5.69 Å². The molecule has 1 aromatic heterocycles. The Bertz CT molecular complexity index is 589. The molecule has 1 fully saturated rings. The third kappa shape index (κ3) is 3.58. The standard InChI is InChI=1S/C15H17F2N3O/c16-14-4-3-11(8-15(14)17)18-12-2-1-6-20(9-12)10-13-5-7-21-19-13/h3-5,7-8,12,18H,1-2,6,9-10H2/t12-/m0/s1. The molecule has 0 aliphatic carbocycles. The molecular weight excluding hydrogens is 276 g/mol. The average Bonchev–Trinajstić information content (AvgIpc) is 2.96. The van der Waals surface area contributed by atoms with Crippen molar-refractivity contribution in [2.75, 3.05) is 18.4 Å². The molecule has 3 rings (SSSR count). The summed E-state index contributed by atoms with van der Waals surface area (Å²) < 4.78 is 31.0. The van der Waals surface area contributed by atoms with E-state index in [0.29, 0.717) is 5.69 Å². The molecule has 0 bridgehead atoms. The number of aromatic nitrogens is 1. The zero-order valence-corrected chi connectivity index (χ0v) is 11.6. The second-order valence-corrected chi connectivity index (χ2v) is 5.34. The highest BCUT2D eigenvalue weighted by Crippen LogP contribution is 2.19. The molecule has 1 N–H and O–H groups in total. The van der Waals surface area contributed by atoms with Gasteiger partial charge in [0, 0.05) is 37.0 Å². The van der Waals surface area contributed by atoms with Crippen molar-refractivity contribution < 1.29 is 13.3 Å². The van der Waals surface area contributed by atoms with Gasteiger partial charge in [0.25, 0.3) is 0 Å². The molecular formula is C15H17F2N3O. The zero-order chi connectivity index (χ0) is 14.7. The zero-order valence-electron chi connectivity index (χ0n) is 11.6. The van der Waals surface area contributed by atoms with E-state index in [0.717, 1.165) is 44.2 Å². The quantitative estimate of drug-likeness (QED) is 0.941. The summed E-state index contributed by atoms with van der Waals surface area (Å²) in [6.07, 6.45) is 3.63. The summed E-state index contributed by atoms with van der Waals surface area (Å²) in [5, 5.41) is 7.18. The Balaban J connectivity index is 1.59. The van der Waals surface area contributed by atoms with Gasteiger partial charge in [-0.15, -0.1) is 0 Å². The lowest BCUT2D eigenvalue weighted by molar-refractivity contribution is 0.203. The van der Waals surface area contributed by atoms with Crippen molar-refractivity contribution in [3.05, 3.63) is 47.9 Å². The lowest BCUT2D eigenvalue weighted by Gasteiger charge is -2.33. The highest BCUT2D eigenvalue weighted by atomic mass is 19.2. The molecule has 0 saturated carbocycles. The molecule has 2 heterocycles. The third-order valence-corrected chi connectivity index (χ3v) is 3.67. The smallest absolute Gasteiger partial charge is 0.160 e. The van der Waals surface area contributed by atoms with Crippen molar-refractivity contribution in [3.63, 3.8) is 0 Å². The molecule has 1 aliphatic heterocycles. The van der Waals surface area contributed by atoms with Gasteiger partial charge in [0.05, 0.1) is 5.69 Å². The Kier molecular flexibility index (Phi) is 4.15. The molecule has 0 amide bonds. The molecule has 21 heavy (non-hydrogen) atoms. The second kappa shape index (κ2) is 6.22. The van der Waals surface area contributed by atoms with Gasteiger partial charge in [0.15, 0.2) is 11.6 Å². The molecule has 4 nitrogen and oxygen atoms in total. The number of likely N-dealkylation sites (tertiary alicyclic amines) is 1. The van der Waals surface area contributed by atoms with E-state index in [9.17, 15) is 8.78 Å². The molecule has 1 aromatic carbocycles. The Morgan fingerprint density at radius 1 is 1.29 bits per heavy atom. The summed E-state index contributed by atoms with van der Waals surface area (Å²) in [4.78, 5) is 2.28. The maximum absolute atomic E-state index is 13.2. The molecule has 112 valence electrons. The van der Waals surface area contributed by atoms with Crippen LogP contribution in [0.15, 0.2) is 35.1 Å². The SMILES string of the molecule is Fc1ccc(N[C@H]2CCCN(Cc3ccon3)C2)cc1F. The second-order valence-electron chi connectivity index (χ2n) is 5.34. The fourth-order valence-electron chi connectivity index (χ4n) is 2.69. The van der Waals surface area contributed by atoms with E-state index in [2.05, 4.69) is 15.4 Å². The number of anilines is 1. The van der Waals surface area contributed by atoms with Crippen molar-refractivity contribution in [1.29, 1.82) is 0 Å². The van der Waals surface area contributed by atoms with Crippen LogP contribution in [-0.2, 0) is 6.54 Å². The first-order valence-electron chi connectivity index (χ1n) is 7.04. The summed E-state index contributed by atoms with van der Waals surface area (Å²) in [7, 11) is 0. The lowest BCUT2D eigenvalue weighted by atomic mass is 10.0. The summed E-state index contributed by atoms with van der Waals surface area (Å²) in [5.41, 5.74) is 1.52. The number of piperidine rings is 1. The predicted octanol–water partition coefficient (Wildman–Crippen LogP) is 3.03. The lowest BCUT2D eigenvalue weighted by Crippen LogP contribution is -2.41. The number of hydrogen-bond donors (Lipinski definition) is 1. The van der Waals surface area contributed by atoms with E-state index >= 15 is 0 Å². The van der Waals surface area contributed by atoms with E-state index in [1.54, 1.807) is 12.3 Å². The Morgan fingerprint density at radius 2 is 2.19 bits per heavy atom. The van der Waals surface area contributed by atoms with Gasteiger partial charge in [0.1, 0.15) is 6.26 Å². The van der Waals surface area contributed by atoms with Crippen LogP contribution in [0.3, 0.4) is 0 Å². The molecule has 1 saturated heterocycles. The fraction of sp³-hybridized carbons (Fsp3) is 0.400. The van der Waals surface area contributed by atoms with Crippen LogP contribution in [0, 0.1) is 11.6 Å². The first-order valence-corrected chi connectivity index (χ1v) is 7.04. The van der Waals surface area contributed by atoms with Crippen LogP contribution < -0.4 is 5.32 Å². The maximum atomic E-state index is 13.2. The third-order valence-electron chi connectivity index (χ3n) is 3.67. The molecule has 0 spiro atoms. The first kappa shape index (κ1) is 14.0. The van der Waals surface area contributed by atoms with E-state index in [1.807, 2.05) is 6.07 Å². The monoisotopic (exact) mass is 293 g/mol. The molecule has 2 aromatic rings. The Labute approximate surface area is 121 Å². The van der Waals surface area contributed by atoms with Crippen LogP contribution in [0.25, 0.3) is 0 Å². The minimum atomic E-state index is -0.824. The van der Waals surface area contributed by atoms with Gasteiger partial charge in [-0.2, -0.15) is 0 Å². The number of hydrogen-bond acceptors (Lipinski definition) is 4. The number of nitrogens with zero attached hydrogens (tertiary/aromatic N) is 2. The van der Waals surface area contributed by atoms with E-state index in [1.165, 1.54) is 6.07 Å². The Morgan fingerprint density at radius 3 is 2.95 bits per heavy atom. The molecule has 0 radical (unpaired) electrons. The van der Waals surface area contributed by atoms with Gasteiger partial charge in [0.2, 0.25) is 0 Å². The number of rotatable bonds is 4. The van der Waals surface area contributed by atoms with Gasteiger partial charge in [-0.05, 0) is 31.5 Å². The molecule has 6 heteroatoms. The summed E-state index contributed by atoms with van der Waals surface area (Å²) in [6, 6.07) is 5.98. The normalized spacial score (nSPS) is 19.6. The van der Waals surface area contributed by atoms with Crippen LogP contribution >= 0.6 is 0 Å². The van der Waals surface area contributed by atoms with Crippen molar-refractivity contribution in [1.82, 2.24) is 10.1 Å². The van der Waals surface area contributed by atoms with Gasteiger partial charge in [-0.25, -0.2) is 8.78 Å². The van der Waals surface area contributed by atoms with Crippen LogP contribution in [0.1, 0.15) is 18.5 Å². The fourth-order valence-corrected chi connectivity index (χ4v) is 2.69. The molecule has 1 aliphatic rings. The summed E-state index contributed by atoms with van der Waals surface area (Å²) in [5.74, 6) is -1.65. The summed E-state index contributed by atoms with van der Waals surface area (Å²) >= 11 is 0. The van der Waals surface area contributed by atoms with Gasteiger partial charge in [-0.3, -0.25) is 4.90 Å². The first-order chi connectivity index (χ1) is 10.2. The minimum absolute atomic E-state index is 0.218. The highest BCUT2D eigenvalue weighted by molar-refractivity contribution is 5.44. The van der Waals surface area contributed by atoms with E-state index in [-0.39, 0.29) is 6.04 Å². The summed E-state index contributed by atoms with van der Waals surface area (Å²) in [6.45, 7) is 2.58. The van der Waals surface area contributed by atoms with Gasteiger partial charge < -0.3 is 9.84 Å². The molecule has 0 unspecified atom stereocenters. The van der Waals surface area contributed by atoms with Gasteiger partial charge >= 0.3 is 0 Å². The number of halogens is 2. The Hall–Kier alpha value is -1.95. The van der Waals surface area contributed by atoms with Crippen LogP contribution in [-0.4, -0.2) is 29.2 Å². The predicted molar refractivity (Wildman–Crippen MR) is 74.8 cm³/mol. The van der Waals surface area contributed by atoms with Gasteiger partial charge in [-0.1, -0.05) is 5.16 Å². The van der Waals surface area contributed by atoms with Crippen LogP contribution in [0.5, 0.6) is 0 Å². The van der Waals surface area contributed by atoms with E-state index in [4.69, 9.17) is 4.52 Å².